The molecule has 1 rings (SSSR count). The fourth-order valence-corrected chi connectivity index (χ4v) is 1.75. The summed E-state index contributed by atoms with van der Waals surface area (Å²) in [4.78, 5) is 2.41. The Morgan fingerprint density at radius 1 is 1.29 bits per heavy atom. The van der Waals surface area contributed by atoms with Crippen LogP contribution < -0.4 is 4.74 Å². The van der Waals surface area contributed by atoms with Gasteiger partial charge in [0.1, 0.15) is 5.75 Å². The molecule has 17 heavy (non-hydrogen) atoms. The molecule has 0 atom stereocenters. The Hall–Kier alpha value is -1.28. The van der Waals surface area contributed by atoms with E-state index < -0.39 is 0 Å². The van der Waals surface area contributed by atoms with Gasteiger partial charge in [0, 0.05) is 6.54 Å². The summed E-state index contributed by atoms with van der Waals surface area (Å²) < 4.78 is 5.71. The monoisotopic (exact) mass is 233 g/mol. The summed E-state index contributed by atoms with van der Waals surface area (Å²) in [5.74, 6) is 0.932. The number of nitrogens with zero attached hydrogens (tertiary/aromatic N) is 1. The van der Waals surface area contributed by atoms with Gasteiger partial charge in [-0.15, -0.1) is 0 Å². The molecule has 0 aliphatic heterocycles. The highest BCUT2D eigenvalue weighted by atomic mass is 16.5. The van der Waals surface area contributed by atoms with E-state index in [4.69, 9.17) is 4.74 Å². The summed E-state index contributed by atoms with van der Waals surface area (Å²) in [7, 11) is 0. The summed E-state index contributed by atoms with van der Waals surface area (Å²) in [6.45, 7) is 12.2. The molecule has 0 unspecified atom stereocenters. The lowest BCUT2D eigenvalue weighted by Gasteiger charge is -2.17. The van der Waals surface area contributed by atoms with Crippen molar-refractivity contribution in [1.82, 2.24) is 4.90 Å². The van der Waals surface area contributed by atoms with E-state index in [1.165, 1.54) is 0 Å². The van der Waals surface area contributed by atoms with Crippen LogP contribution in [0.15, 0.2) is 30.8 Å². The average molecular weight is 233 g/mol. The Balaban J connectivity index is 2.28. The van der Waals surface area contributed by atoms with Crippen molar-refractivity contribution in [1.29, 1.82) is 0 Å². The van der Waals surface area contributed by atoms with E-state index in [0.717, 1.165) is 44.0 Å². The molecule has 0 spiro atoms. The normalized spacial score (nSPS) is 10.5. The molecule has 1 aromatic rings. The largest absolute Gasteiger partial charge is 0.494 e. The number of hydrogen-bond acceptors (Lipinski definition) is 2. The van der Waals surface area contributed by atoms with Gasteiger partial charge in [-0.1, -0.05) is 38.6 Å². The maximum absolute atomic E-state index is 5.71. The van der Waals surface area contributed by atoms with Gasteiger partial charge in [-0.2, -0.15) is 0 Å². The van der Waals surface area contributed by atoms with Crippen molar-refractivity contribution in [2.75, 3.05) is 26.2 Å². The molecule has 1 aromatic carbocycles. The van der Waals surface area contributed by atoms with Gasteiger partial charge < -0.3 is 9.64 Å². The van der Waals surface area contributed by atoms with Crippen LogP contribution in [0.25, 0.3) is 6.08 Å². The highest BCUT2D eigenvalue weighted by Gasteiger charge is 1.99. The second-order valence-electron chi connectivity index (χ2n) is 4.01. The Morgan fingerprint density at radius 3 is 2.71 bits per heavy atom. The lowest BCUT2D eigenvalue weighted by Crippen LogP contribution is -2.25. The third-order valence-electron chi connectivity index (χ3n) is 2.88. The molecule has 2 nitrogen and oxygen atoms in total. The number of hydrogen-bond donors (Lipinski definition) is 0. The second-order valence-corrected chi connectivity index (χ2v) is 4.01. The van der Waals surface area contributed by atoms with Crippen molar-refractivity contribution in [2.45, 2.75) is 20.3 Å². The summed E-state index contributed by atoms with van der Waals surface area (Å²) in [5, 5.41) is 0. The van der Waals surface area contributed by atoms with Crippen molar-refractivity contribution < 1.29 is 4.74 Å². The fraction of sp³-hybridized carbons (Fsp3) is 0.467. The van der Waals surface area contributed by atoms with Crippen LogP contribution in [0.5, 0.6) is 5.75 Å². The zero-order valence-corrected chi connectivity index (χ0v) is 11.0. The molecular weight excluding hydrogens is 210 g/mol. The second kappa shape index (κ2) is 7.91. The SMILES string of the molecule is C=Cc1cccc(OCCCN(CC)CC)c1. The molecule has 2 heteroatoms. The molecule has 0 saturated heterocycles. The Morgan fingerprint density at radius 2 is 2.06 bits per heavy atom. The minimum Gasteiger partial charge on any atom is -0.494 e. The first-order chi connectivity index (χ1) is 8.30. The van der Waals surface area contributed by atoms with Gasteiger partial charge in [0.05, 0.1) is 6.61 Å². The highest BCUT2D eigenvalue weighted by molar-refractivity contribution is 5.49. The molecule has 0 saturated carbocycles. The molecule has 0 bridgehead atoms. The average Bonchev–Trinajstić information content (AvgIpc) is 2.39. The first-order valence-electron chi connectivity index (χ1n) is 6.37. The van der Waals surface area contributed by atoms with Gasteiger partial charge in [-0.25, -0.2) is 0 Å². The van der Waals surface area contributed by atoms with E-state index >= 15 is 0 Å². The molecule has 0 aliphatic carbocycles. The molecule has 94 valence electrons. The summed E-state index contributed by atoms with van der Waals surface area (Å²) in [5.41, 5.74) is 1.10. The van der Waals surface area contributed by atoms with Crippen LogP contribution in [0.3, 0.4) is 0 Å². The minimum atomic E-state index is 0.775. The Kier molecular flexibility index (Phi) is 6.41. The lowest BCUT2D eigenvalue weighted by molar-refractivity contribution is 0.249. The summed E-state index contributed by atoms with van der Waals surface area (Å²) >= 11 is 0. The van der Waals surface area contributed by atoms with Crippen molar-refractivity contribution in [3.8, 4) is 5.75 Å². The zero-order valence-electron chi connectivity index (χ0n) is 11.0. The molecule has 0 heterocycles. The van der Waals surface area contributed by atoms with E-state index in [2.05, 4.69) is 25.3 Å². The molecule has 0 aliphatic rings. The van der Waals surface area contributed by atoms with E-state index in [1.807, 2.05) is 30.3 Å². The van der Waals surface area contributed by atoms with Crippen LogP contribution in [0.1, 0.15) is 25.8 Å². The molecular formula is C15H23NO. The molecule has 0 fully saturated rings. The van der Waals surface area contributed by atoms with E-state index in [-0.39, 0.29) is 0 Å². The number of ether oxygens (including phenoxy) is 1. The maximum Gasteiger partial charge on any atom is 0.119 e. The van der Waals surface area contributed by atoms with E-state index in [9.17, 15) is 0 Å². The van der Waals surface area contributed by atoms with Crippen LogP contribution >= 0.6 is 0 Å². The predicted octanol–water partition coefficient (Wildman–Crippen LogP) is 3.44. The van der Waals surface area contributed by atoms with Crippen LogP contribution in [-0.2, 0) is 0 Å². The summed E-state index contributed by atoms with van der Waals surface area (Å²) in [6, 6.07) is 8.03. The van der Waals surface area contributed by atoms with Gasteiger partial charge >= 0.3 is 0 Å². The quantitative estimate of drug-likeness (QED) is 0.638. The number of benzene rings is 1. The van der Waals surface area contributed by atoms with Crippen molar-refractivity contribution in [3.05, 3.63) is 36.4 Å². The third-order valence-corrected chi connectivity index (χ3v) is 2.88. The van der Waals surface area contributed by atoms with E-state index in [1.54, 1.807) is 0 Å². The van der Waals surface area contributed by atoms with Gasteiger partial charge in [-0.05, 0) is 37.2 Å². The Labute approximate surface area is 105 Å². The van der Waals surface area contributed by atoms with Gasteiger partial charge in [-0.3, -0.25) is 0 Å². The van der Waals surface area contributed by atoms with Crippen LogP contribution in [-0.4, -0.2) is 31.1 Å². The van der Waals surface area contributed by atoms with Crippen molar-refractivity contribution >= 4 is 6.08 Å². The van der Waals surface area contributed by atoms with Gasteiger partial charge in [0.25, 0.3) is 0 Å². The maximum atomic E-state index is 5.71. The van der Waals surface area contributed by atoms with Crippen LogP contribution in [0.2, 0.25) is 0 Å². The molecule has 0 N–H and O–H groups in total. The van der Waals surface area contributed by atoms with Gasteiger partial charge in [0.15, 0.2) is 0 Å². The summed E-state index contributed by atoms with van der Waals surface area (Å²) in [6.07, 6.45) is 2.91. The molecule has 0 aromatic heterocycles. The fourth-order valence-electron chi connectivity index (χ4n) is 1.75. The predicted molar refractivity (Wildman–Crippen MR) is 74.4 cm³/mol. The first kappa shape index (κ1) is 13.8. The van der Waals surface area contributed by atoms with Crippen molar-refractivity contribution in [3.63, 3.8) is 0 Å². The molecule has 0 amide bonds. The molecule has 0 radical (unpaired) electrons. The topological polar surface area (TPSA) is 12.5 Å². The van der Waals surface area contributed by atoms with Crippen LogP contribution in [0, 0.1) is 0 Å². The Bertz CT molecular complexity index is 331. The van der Waals surface area contributed by atoms with Gasteiger partial charge in [0.2, 0.25) is 0 Å². The van der Waals surface area contributed by atoms with E-state index in [0.29, 0.717) is 0 Å². The standard InChI is InChI=1S/C15H23NO/c1-4-14-9-7-10-15(13-14)17-12-8-11-16(5-2)6-3/h4,7,9-10,13H,1,5-6,8,11-12H2,2-3H3. The lowest BCUT2D eigenvalue weighted by atomic mass is 10.2. The smallest absolute Gasteiger partial charge is 0.119 e. The zero-order chi connectivity index (χ0) is 12.5. The minimum absolute atomic E-state index is 0.775. The van der Waals surface area contributed by atoms with Crippen molar-refractivity contribution in [2.24, 2.45) is 0 Å². The third kappa shape index (κ3) is 5.05. The highest BCUT2D eigenvalue weighted by Crippen LogP contribution is 2.14. The first-order valence-corrected chi connectivity index (χ1v) is 6.37. The van der Waals surface area contributed by atoms with Crippen LogP contribution in [0.4, 0.5) is 0 Å². The number of rotatable bonds is 8.